The number of thiophene rings is 1. The lowest BCUT2D eigenvalue weighted by molar-refractivity contribution is 0.0987. The van der Waals surface area contributed by atoms with Crippen LogP contribution in [0.2, 0.25) is 0 Å². The molecule has 192 valence electrons. The van der Waals surface area contributed by atoms with E-state index in [4.69, 9.17) is 0 Å². The van der Waals surface area contributed by atoms with Crippen molar-refractivity contribution in [1.82, 2.24) is 9.29 Å². The van der Waals surface area contributed by atoms with E-state index in [9.17, 15) is 13.2 Å². The van der Waals surface area contributed by atoms with Gasteiger partial charge in [-0.2, -0.15) is 14.4 Å². The van der Waals surface area contributed by atoms with E-state index in [1.54, 1.807) is 25.4 Å². The number of carbonyl (C=O) groups excluding carboxylic acids is 1. The molecule has 0 radical (unpaired) electrons. The average Bonchev–Trinajstić information content (AvgIpc) is 3.58. The van der Waals surface area contributed by atoms with Crippen molar-refractivity contribution in [3.8, 4) is 0 Å². The molecule has 1 fully saturated rings. The van der Waals surface area contributed by atoms with Crippen LogP contribution in [0.5, 0.6) is 0 Å². The summed E-state index contributed by atoms with van der Waals surface area (Å²) in [6.45, 7) is 2.01. The number of aryl methyl sites for hydroxylation is 1. The summed E-state index contributed by atoms with van der Waals surface area (Å²) in [5.41, 5.74) is 2.23. The Kier molecular flexibility index (Phi) is 7.52. The highest BCUT2D eigenvalue weighted by Gasteiger charge is 2.29. The Morgan fingerprint density at radius 3 is 2.54 bits per heavy atom. The molecule has 2 aromatic carbocycles. The Hall–Kier alpha value is -2.92. The molecule has 7 nitrogen and oxygen atoms in total. The Bertz CT molecular complexity index is 1520. The van der Waals surface area contributed by atoms with Crippen molar-refractivity contribution in [2.45, 2.75) is 50.0 Å². The van der Waals surface area contributed by atoms with Gasteiger partial charge < -0.3 is 0 Å². The lowest BCUT2D eigenvalue weighted by Crippen LogP contribution is -2.38. The lowest BCUT2D eigenvalue weighted by atomic mass is 9.96. The monoisotopic (exact) mass is 552 g/mol. The Morgan fingerprint density at radius 1 is 1.08 bits per heavy atom. The van der Waals surface area contributed by atoms with Crippen LogP contribution >= 0.6 is 22.7 Å². The highest BCUT2D eigenvalue weighted by atomic mass is 32.2. The Labute approximate surface area is 225 Å². The first-order chi connectivity index (χ1) is 17.8. The van der Waals surface area contributed by atoms with E-state index in [1.807, 2.05) is 42.6 Å². The summed E-state index contributed by atoms with van der Waals surface area (Å²) in [5, 5.41) is 8.16. The summed E-state index contributed by atoms with van der Waals surface area (Å²) >= 11 is 2.91. The van der Waals surface area contributed by atoms with Crippen molar-refractivity contribution >= 4 is 60.2 Å². The van der Waals surface area contributed by atoms with E-state index in [0.29, 0.717) is 10.7 Å². The predicted molar refractivity (Wildman–Crippen MR) is 151 cm³/mol. The van der Waals surface area contributed by atoms with Crippen molar-refractivity contribution in [3.05, 3.63) is 76.0 Å². The van der Waals surface area contributed by atoms with E-state index in [0.717, 1.165) is 52.8 Å². The normalized spacial score (nSPS) is 15.1. The third-order valence-electron chi connectivity index (χ3n) is 6.62. The molecule has 0 aliphatic heterocycles. The maximum Gasteiger partial charge on any atom is 0.280 e. The number of nitrogens with zero attached hydrogens (tertiary/aromatic N) is 4. The van der Waals surface area contributed by atoms with Gasteiger partial charge >= 0.3 is 0 Å². The number of amides is 1. The van der Waals surface area contributed by atoms with Gasteiger partial charge in [0.15, 0.2) is 0 Å². The molecule has 0 unspecified atom stereocenters. The van der Waals surface area contributed by atoms with Crippen LogP contribution in [0.25, 0.3) is 10.2 Å². The number of aromatic nitrogens is 1. The molecule has 0 atom stereocenters. The van der Waals surface area contributed by atoms with Gasteiger partial charge in [0.1, 0.15) is 0 Å². The van der Waals surface area contributed by atoms with Crippen LogP contribution in [-0.2, 0) is 10.0 Å². The van der Waals surface area contributed by atoms with Gasteiger partial charge in [0, 0.05) is 23.5 Å². The van der Waals surface area contributed by atoms with Crippen LogP contribution in [0, 0.1) is 6.92 Å². The standard InChI is InChI=1S/C27H28N4O3S3/c1-19-10-15-24-25(17-19)36-27(29-24)31(28-18-22-9-6-16-35-22)26(32)20-11-13-23(14-12-20)37(33,34)30(2)21-7-4-3-5-8-21/h6,9-18,21H,3-5,7-8H2,1-2H3/b28-18+. The van der Waals surface area contributed by atoms with E-state index < -0.39 is 10.0 Å². The smallest absolute Gasteiger partial charge is 0.267 e. The van der Waals surface area contributed by atoms with E-state index in [-0.39, 0.29) is 16.8 Å². The van der Waals surface area contributed by atoms with Crippen molar-refractivity contribution in [3.63, 3.8) is 0 Å². The summed E-state index contributed by atoms with van der Waals surface area (Å²) < 4.78 is 28.9. The number of carbonyl (C=O) groups is 1. The molecule has 1 amide bonds. The highest BCUT2D eigenvalue weighted by Crippen LogP contribution is 2.31. The van der Waals surface area contributed by atoms with E-state index >= 15 is 0 Å². The largest absolute Gasteiger partial charge is 0.280 e. The zero-order chi connectivity index (χ0) is 26.0. The summed E-state index contributed by atoms with van der Waals surface area (Å²) in [4.78, 5) is 19.3. The maximum atomic E-state index is 13.6. The second-order valence-electron chi connectivity index (χ2n) is 9.18. The zero-order valence-electron chi connectivity index (χ0n) is 20.7. The summed E-state index contributed by atoms with van der Waals surface area (Å²) in [5.74, 6) is -0.381. The molecule has 10 heteroatoms. The molecule has 0 N–H and O–H groups in total. The summed E-state index contributed by atoms with van der Waals surface area (Å²) in [6.07, 6.45) is 6.64. The van der Waals surface area contributed by atoms with E-state index in [1.165, 1.54) is 44.1 Å². The molecule has 2 aromatic heterocycles. The topological polar surface area (TPSA) is 82.9 Å². The number of thiazole rings is 1. The molecule has 5 rings (SSSR count). The second kappa shape index (κ2) is 10.8. The fourth-order valence-corrected chi connectivity index (χ4v) is 7.49. The van der Waals surface area contributed by atoms with Gasteiger partial charge in [-0.15, -0.1) is 11.3 Å². The van der Waals surface area contributed by atoms with Crippen molar-refractivity contribution in [2.75, 3.05) is 12.1 Å². The van der Waals surface area contributed by atoms with Crippen molar-refractivity contribution < 1.29 is 13.2 Å². The fraction of sp³-hybridized carbons (Fsp3) is 0.296. The molecule has 37 heavy (non-hydrogen) atoms. The number of rotatable bonds is 7. The molecule has 1 aliphatic rings. The molecular formula is C27H28N4O3S3. The minimum absolute atomic E-state index is 0.0183. The first kappa shape index (κ1) is 25.7. The van der Waals surface area contributed by atoms with Gasteiger partial charge in [0.05, 0.1) is 21.3 Å². The van der Waals surface area contributed by atoms with Gasteiger partial charge in [-0.25, -0.2) is 13.4 Å². The molecular weight excluding hydrogens is 525 g/mol. The quantitative estimate of drug-likeness (QED) is 0.199. The maximum absolute atomic E-state index is 13.6. The molecule has 0 saturated heterocycles. The van der Waals surface area contributed by atoms with Crippen LogP contribution in [0.15, 0.2) is 70.0 Å². The second-order valence-corrected chi connectivity index (χ2v) is 13.2. The van der Waals surface area contributed by atoms with Crippen molar-refractivity contribution in [2.24, 2.45) is 5.10 Å². The predicted octanol–water partition coefficient (Wildman–Crippen LogP) is 6.30. The molecule has 2 heterocycles. The number of sulfonamides is 1. The Balaban J connectivity index is 1.44. The molecule has 1 saturated carbocycles. The van der Waals surface area contributed by atoms with Crippen LogP contribution in [0.3, 0.4) is 0 Å². The molecule has 4 aromatic rings. The van der Waals surface area contributed by atoms with Gasteiger partial charge in [-0.1, -0.05) is 42.7 Å². The number of benzene rings is 2. The van der Waals surface area contributed by atoms with Gasteiger partial charge in [0.2, 0.25) is 15.2 Å². The highest BCUT2D eigenvalue weighted by molar-refractivity contribution is 7.89. The minimum Gasteiger partial charge on any atom is -0.267 e. The minimum atomic E-state index is -3.64. The van der Waals surface area contributed by atoms with Gasteiger partial charge in [-0.3, -0.25) is 4.79 Å². The summed E-state index contributed by atoms with van der Waals surface area (Å²) in [7, 11) is -1.99. The third-order valence-corrected chi connectivity index (χ3v) is 10.3. The molecule has 1 aliphatic carbocycles. The molecule has 0 spiro atoms. The number of fused-ring (bicyclic) bond motifs is 1. The zero-order valence-corrected chi connectivity index (χ0v) is 23.2. The third kappa shape index (κ3) is 5.52. The van der Waals surface area contributed by atoms with Crippen LogP contribution in [-0.4, -0.2) is 42.9 Å². The first-order valence-electron chi connectivity index (χ1n) is 12.2. The van der Waals surface area contributed by atoms with E-state index in [2.05, 4.69) is 10.1 Å². The SMILES string of the molecule is Cc1ccc2nc(N(/N=C/c3cccs3)C(=O)c3ccc(S(=O)(=O)N(C)C4CCCCC4)cc3)sc2c1. The van der Waals surface area contributed by atoms with Crippen LogP contribution < -0.4 is 5.01 Å². The lowest BCUT2D eigenvalue weighted by Gasteiger charge is -2.30. The first-order valence-corrected chi connectivity index (χ1v) is 15.3. The summed E-state index contributed by atoms with van der Waals surface area (Å²) in [6, 6.07) is 15.9. The Morgan fingerprint density at radius 2 is 1.84 bits per heavy atom. The van der Waals surface area contributed by atoms with Crippen LogP contribution in [0.1, 0.15) is 52.9 Å². The number of hydrogen-bond acceptors (Lipinski definition) is 7. The van der Waals surface area contributed by atoms with Crippen molar-refractivity contribution in [1.29, 1.82) is 0 Å². The van der Waals surface area contributed by atoms with Gasteiger partial charge in [0.25, 0.3) is 5.91 Å². The number of hydrazone groups is 1. The average molecular weight is 553 g/mol. The van der Waals surface area contributed by atoms with Crippen LogP contribution in [0.4, 0.5) is 5.13 Å². The molecule has 0 bridgehead atoms. The fourth-order valence-electron chi connectivity index (χ4n) is 4.48. The number of anilines is 1. The number of hydrogen-bond donors (Lipinski definition) is 0. The van der Waals surface area contributed by atoms with Gasteiger partial charge in [-0.05, 0) is 73.2 Å².